The van der Waals surface area contributed by atoms with Crippen molar-refractivity contribution in [2.45, 2.75) is 97.7 Å². The Labute approximate surface area is 183 Å². The molecule has 3 saturated carbocycles. The van der Waals surface area contributed by atoms with Crippen LogP contribution >= 0.6 is 0 Å². The van der Waals surface area contributed by atoms with Gasteiger partial charge in [0.2, 0.25) is 5.91 Å². The van der Waals surface area contributed by atoms with E-state index in [9.17, 15) is 22.8 Å². The zero-order valence-electron chi connectivity index (χ0n) is 19.4. The first-order chi connectivity index (χ1) is 14.2. The fourth-order valence-electron chi connectivity index (χ4n) is 7.93. The molecule has 0 spiro atoms. The summed E-state index contributed by atoms with van der Waals surface area (Å²) in [6.45, 7) is 10.2. The molecular weight excluding hydrogens is 403 g/mol. The molecule has 0 saturated heterocycles. The van der Waals surface area contributed by atoms with E-state index in [2.05, 4.69) is 12.2 Å². The Morgan fingerprint density at radius 3 is 2.26 bits per heavy atom. The molecule has 4 unspecified atom stereocenters. The third-order valence-corrected chi connectivity index (χ3v) is 9.22. The third kappa shape index (κ3) is 3.56. The minimum absolute atomic E-state index is 0.00336. The van der Waals surface area contributed by atoms with Crippen LogP contribution in [-0.2, 0) is 9.59 Å². The zero-order valence-corrected chi connectivity index (χ0v) is 19.4. The Morgan fingerprint density at radius 1 is 0.968 bits per heavy atom. The number of ketones is 1. The van der Waals surface area contributed by atoms with E-state index in [1.807, 2.05) is 27.7 Å². The normalized spacial score (nSPS) is 40.8. The monoisotopic (exact) mass is 439 g/mol. The fraction of sp³-hybridized carbons (Fsp3) is 0.840. The minimum atomic E-state index is -4.56. The second-order valence-corrected chi connectivity index (χ2v) is 12.0. The molecule has 6 heteroatoms. The molecule has 0 radical (unpaired) electrons. The highest BCUT2D eigenvalue weighted by molar-refractivity contribution is 5.98. The van der Waals surface area contributed by atoms with Gasteiger partial charge in [-0.05, 0) is 99.9 Å². The molecule has 4 aliphatic carbocycles. The molecule has 4 rings (SSSR count). The van der Waals surface area contributed by atoms with Crippen LogP contribution in [0.3, 0.4) is 0 Å². The summed E-state index contributed by atoms with van der Waals surface area (Å²) in [5, 5.41) is 3.16. The van der Waals surface area contributed by atoms with Gasteiger partial charge in [-0.2, -0.15) is 13.2 Å². The summed E-state index contributed by atoms with van der Waals surface area (Å²) in [7, 11) is 0. The number of allylic oxidation sites excluding steroid dienone is 1. The molecule has 0 bridgehead atoms. The lowest BCUT2D eigenvalue weighted by Crippen LogP contribution is -2.54. The second kappa shape index (κ2) is 7.08. The second-order valence-electron chi connectivity index (χ2n) is 12.0. The van der Waals surface area contributed by atoms with E-state index in [-0.39, 0.29) is 35.1 Å². The van der Waals surface area contributed by atoms with Crippen molar-refractivity contribution in [3.8, 4) is 0 Å². The van der Waals surface area contributed by atoms with E-state index < -0.39 is 22.9 Å². The van der Waals surface area contributed by atoms with Gasteiger partial charge in [-0.1, -0.05) is 13.8 Å². The maximum absolute atomic E-state index is 13.8. The molecule has 4 aliphatic rings. The maximum Gasteiger partial charge on any atom is 0.419 e. The maximum atomic E-state index is 13.8. The van der Waals surface area contributed by atoms with Crippen molar-refractivity contribution in [2.24, 2.45) is 34.5 Å². The van der Waals surface area contributed by atoms with Gasteiger partial charge in [-0.25, -0.2) is 0 Å². The van der Waals surface area contributed by atoms with Crippen molar-refractivity contribution in [1.82, 2.24) is 5.32 Å². The van der Waals surface area contributed by atoms with E-state index >= 15 is 0 Å². The number of hydrogen-bond donors (Lipinski definition) is 1. The number of amides is 1. The lowest BCUT2D eigenvalue weighted by atomic mass is 9.46. The highest BCUT2D eigenvalue weighted by atomic mass is 19.4. The van der Waals surface area contributed by atoms with Gasteiger partial charge in [0, 0.05) is 17.9 Å². The Bertz CT molecular complexity index is 824. The lowest BCUT2D eigenvalue weighted by Gasteiger charge is -2.58. The highest BCUT2D eigenvalue weighted by Gasteiger charge is 2.62. The van der Waals surface area contributed by atoms with Crippen molar-refractivity contribution in [3.05, 3.63) is 11.1 Å². The van der Waals surface area contributed by atoms with Crippen LogP contribution in [0.2, 0.25) is 0 Å². The first-order valence-electron chi connectivity index (χ1n) is 11.8. The van der Waals surface area contributed by atoms with Gasteiger partial charge >= 0.3 is 6.18 Å². The van der Waals surface area contributed by atoms with Gasteiger partial charge in [-0.15, -0.1) is 0 Å². The number of carbonyl (C=O) groups excluding carboxylic acids is 2. The molecule has 0 aromatic rings. The number of alkyl halides is 3. The van der Waals surface area contributed by atoms with E-state index in [0.29, 0.717) is 36.7 Å². The smallest absolute Gasteiger partial charge is 0.351 e. The van der Waals surface area contributed by atoms with Gasteiger partial charge in [0.25, 0.3) is 0 Å². The standard InChI is InChI=1S/C25H36F3NO2/c1-22(2,3)29-21(31)18-9-8-15-14-6-7-17-20(25(26,27)28)19(30)11-13-23(17,4)16(14)10-12-24(15,18)5/h14-16,18H,6-13H2,1-5H3,(H,29,31)/t14?,15?,16?,18?,23-,24+/m1/s1. The first kappa shape index (κ1) is 22.8. The molecule has 3 fully saturated rings. The van der Waals surface area contributed by atoms with Crippen LogP contribution in [0.15, 0.2) is 11.1 Å². The minimum Gasteiger partial charge on any atom is -0.351 e. The van der Waals surface area contributed by atoms with Crippen LogP contribution in [-0.4, -0.2) is 23.4 Å². The van der Waals surface area contributed by atoms with Crippen molar-refractivity contribution >= 4 is 11.7 Å². The average Bonchev–Trinajstić information content (AvgIpc) is 2.97. The number of halogens is 3. The van der Waals surface area contributed by atoms with Gasteiger partial charge in [0.15, 0.2) is 5.78 Å². The molecular formula is C25H36F3NO2. The highest BCUT2D eigenvalue weighted by Crippen LogP contribution is 2.67. The first-order valence-corrected chi connectivity index (χ1v) is 11.8. The van der Waals surface area contributed by atoms with Crippen LogP contribution in [0.1, 0.15) is 86.0 Å². The van der Waals surface area contributed by atoms with E-state index in [4.69, 9.17) is 0 Å². The van der Waals surface area contributed by atoms with Crippen molar-refractivity contribution in [3.63, 3.8) is 0 Å². The van der Waals surface area contributed by atoms with E-state index in [1.165, 1.54) is 0 Å². The van der Waals surface area contributed by atoms with Gasteiger partial charge < -0.3 is 5.32 Å². The Kier molecular flexibility index (Phi) is 5.22. The topological polar surface area (TPSA) is 46.2 Å². The molecule has 0 aromatic heterocycles. The van der Waals surface area contributed by atoms with Gasteiger partial charge in [0.1, 0.15) is 0 Å². The Hall–Kier alpha value is -1.33. The van der Waals surface area contributed by atoms with Crippen molar-refractivity contribution < 1.29 is 22.8 Å². The summed E-state index contributed by atoms with van der Waals surface area (Å²) >= 11 is 0. The van der Waals surface area contributed by atoms with Crippen LogP contribution in [0.5, 0.6) is 0 Å². The molecule has 0 heterocycles. The Morgan fingerprint density at radius 2 is 1.65 bits per heavy atom. The number of rotatable bonds is 1. The van der Waals surface area contributed by atoms with Crippen LogP contribution in [0, 0.1) is 34.5 Å². The largest absolute Gasteiger partial charge is 0.419 e. The Balaban J connectivity index is 1.64. The summed E-state index contributed by atoms with van der Waals surface area (Å²) in [4.78, 5) is 25.3. The predicted octanol–water partition coefficient (Wildman–Crippen LogP) is 5.98. The summed E-state index contributed by atoms with van der Waals surface area (Å²) < 4.78 is 41.4. The van der Waals surface area contributed by atoms with E-state index in [1.54, 1.807) is 0 Å². The van der Waals surface area contributed by atoms with Crippen LogP contribution < -0.4 is 5.32 Å². The number of carbonyl (C=O) groups is 2. The number of Topliss-reactive ketones (excluding diaryl/α,β-unsaturated/α-hetero) is 1. The summed E-state index contributed by atoms with van der Waals surface area (Å²) in [6.07, 6.45) is 0.580. The third-order valence-electron chi connectivity index (χ3n) is 9.22. The summed E-state index contributed by atoms with van der Waals surface area (Å²) in [5.74, 6) is 0.250. The van der Waals surface area contributed by atoms with Crippen molar-refractivity contribution in [2.75, 3.05) is 0 Å². The van der Waals surface area contributed by atoms with E-state index in [0.717, 1.165) is 25.7 Å². The molecule has 0 aromatic carbocycles. The summed E-state index contributed by atoms with van der Waals surface area (Å²) in [5.41, 5.74) is -1.38. The number of hydrogen-bond acceptors (Lipinski definition) is 2. The quantitative estimate of drug-likeness (QED) is 0.546. The SMILES string of the molecule is CC(C)(C)NC(=O)C1CCC2C3CCC4=C(C(F)(F)F)C(=O)CC[C@]4(C)C3CC[C@]12C. The molecule has 1 amide bonds. The lowest BCUT2D eigenvalue weighted by molar-refractivity contribution is -0.138. The number of fused-ring (bicyclic) bond motifs is 5. The van der Waals surface area contributed by atoms with Gasteiger partial charge in [-0.3, -0.25) is 9.59 Å². The molecule has 0 aliphatic heterocycles. The molecule has 174 valence electrons. The average molecular weight is 440 g/mol. The van der Waals surface area contributed by atoms with Crippen molar-refractivity contribution in [1.29, 1.82) is 0 Å². The summed E-state index contributed by atoms with van der Waals surface area (Å²) in [6, 6.07) is 0. The van der Waals surface area contributed by atoms with Crippen LogP contribution in [0.4, 0.5) is 13.2 Å². The molecule has 6 atom stereocenters. The fourth-order valence-corrected chi connectivity index (χ4v) is 7.93. The molecule has 31 heavy (non-hydrogen) atoms. The molecule has 1 N–H and O–H groups in total. The zero-order chi connectivity index (χ0) is 23.0. The van der Waals surface area contributed by atoms with Crippen LogP contribution in [0.25, 0.3) is 0 Å². The predicted molar refractivity (Wildman–Crippen MR) is 113 cm³/mol. The van der Waals surface area contributed by atoms with Gasteiger partial charge in [0.05, 0.1) is 5.57 Å². The number of nitrogens with one attached hydrogen (secondary N) is 1. The molecule has 3 nitrogen and oxygen atoms in total.